The van der Waals surface area contributed by atoms with Gasteiger partial charge in [-0.2, -0.15) is 0 Å². The molecule has 154 valence electrons. The third-order valence-corrected chi connectivity index (χ3v) is 4.47. The van der Waals surface area contributed by atoms with Gasteiger partial charge in [0.1, 0.15) is 5.75 Å². The predicted molar refractivity (Wildman–Crippen MR) is 108 cm³/mol. The second kappa shape index (κ2) is 9.52. The van der Waals surface area contributed by atoms with Crippen LogP contribution in [-0.2, 0) is 14.3 Å². The average Bonchev–Trinajstić information content (AvgIpc) is 3.14. The summed E-state index contributed by atoms with van der Waals surface area (Å²) in [5.74, 6) is 1.01. The first-order valence-electron chi connectivity index (χ1n) is 9.21. The number of rotatable bonds is 8. The third kappa shape index (κ3) is 5.77. The second-order valence-corrected chi connectivity index (χ2v) is 6.99. The van der Waals surface area contributed by atoms with Gasteiger partial charge in [0.05, 0.1) is 6.61 Å². The van der Waals surface area contributed by atoms with E-state index in [1.54, 1.807) is 30.3 Å². The predicted octanol–water partition coefficient (Wildman–Crippen LogP) is 4.11. The molecule has 29 heavy (non-hydrogen) atoms. The Morgan fingerprint density at radius 3 is 2.76 bits per heavy atom. The molecule has 0 saturated heterocycles. The van der Waals surface area contributed by atoms with Gasteiger partial charge in [0.15, 0.2) is 17.6 Å². The van der Waals surface area contributed by atoms with E-state index in [4.69, 9.17) is 30.5 Å². The van der Waals surface area contributed by atoms with E-state index in [1.165, 1.54) is 6.92 Å². The Balaban J connectivity index is 1.38. The number of nitrogens with one attached hydrogen (secondary N) is 1. The molecule has 1 amide bonds. The Labute approximate surface area is 173 Å². The van der Waals surface area contributed by atoms with Crippen molar-refractivity contribution in [2.75, 3.05) is 18.7 Å². The number of esters is 1. The number of fused-ring (bicyclic) bond motifs is 1. The van der Waals surface area contributed by atoms with Crippen LogP contribution < -0.4 is 19.5 Å². The van der Waals surface area contributed by atoms with Crippen molar-refractivity contribution in [3.63, 3.8) is 0 Å². The fraction of sp³-hybridized carbons (Fsp3) is 0.333. The molecular weight excluding hydrogens is 398 g/mol. The van der Waals surface area contributed by atoms with E-state index in [-0.39, 0.29) is 13.2 Å². The van der Waals surface area contributed by atoms with Crippen molar-refractivity contribution in [2.24, 2.45) is 0 Å². The number of carbonyl (C=O) groups is 2. The van der Waals surface area contributed by atoms with Gasteiger partial charge in [-0.1, -0.05) is 11.6 Å². The van der Waals surface area contributed by atoms with Gasteiger partial charge in [-0.05, 0) is 56.2 Å². The summed E-state index contributed by atoms with van der Waals surface area (Å²) in [5, 5.41) is 3.33. The summed E-state index contributed by atoms with van der Waals surface area (Å²) in [7, 11) is 0. The molecule has 8 heteroatoms. The molecule has 3 rings (SSSR count). The quantitative estimate of drug-likeness (QED) is 0.512. The zero-order chi connectivity index (χ0) is 20.8. The van der Waals surface area contributed by atoms with Crippen LogP contribution in [0.25, 0.3) is 0 Å². The van der Waals surface area contributed by atoms with E-state index in [0.717, 1.165) is 11.3 Å². The molecule has 0 saturated carbocycles. The fourth-order valence-corrected chi connectivity index (χ4v) is 2.93. The summed E-state index contributed by atoms with van der Waals surface area (Å²) in [6.07, 6.45) is -0.307. The standard InChI is InChI=1S/C21H22ClNO6/c1-13-10-15(22)5-7-17(13)26-9-3-4-20(24)29-14(2)21(25)23-16-6-8-18-19(11-16)28-12-27-18/h5-8,10-11,14H,3-4,9,12H2,1-2H3,(H,23,25)/t14-/m0/s1. The molecule has 0 unspecified atom stereocenters. The van der Waals surface area contributed by atoms with Crippen molar-refractivity contribution in [3.05, 3.63) is 47.0 Å². The number of hydrogen-bond acceptors (Lipinski definition) is 6. The molecule has 1 aliphatic rings. The van der Waals surface area contributed by atoms with Crippen molar-refractivity contribution in [3.8, 4) is 17.2 Å². The first-order chi connectivity index (χ1) is 13.9. The number of aryl methyl sites for hydroxylation is 1. The minimum atomic E-state index is -0.924. The zero-order valence-corrected chi connectivity index (χ0v) is 17.0. The lowest BCUT2D eigenvalue weighted by Gasteiger charge is -2.14. The third-order valence-electron chi connectivity index (χ3n) is 4.24. The molecule has 2 aromatic rings. The molecule has 1 atom stereocenters. The van der Waals surface area contributed by atoms with Gasteiger partial charge in [-0.15, -0.1) is 0 Å². The van der Waals surface area contributed by atoms with E-state index in [0.29, 0.717) is 35.2 Å². The van der Waals surface area contributed by atoms with Gasteiger partial charge in [0.25, 0.3) is 5.91 Å². The van der Waals surface area contributed by atoms with Gasteiger partial charge in [-0.3, -0.25) is 9.59 Å². The Bertz CT molecular complexity index is 901. The van der Waals surface area contributed by atoms with Gasteiger partial charge in [0.2, 0.25) is 6.79 Å². The molecule has 0 fully saturated rings. The van der Waals surface area contributed by atoms with E-state index >= 15 is 0 Å². The van der Waals surface area contributed by atoms with Crippen LogP contribution >= 0.6 is 11.6 Å². The first-order valence-corrected chi connectivity index (χ1v) is 9.59. The maximum atomic E-state index is 12.2. The molecule has 0 aliphatic carbocycles. The van der Waals surface area contributed by atoms with Crippen LogP contribution in [0.5, 0.6) is 17.2 Å². The summed E-state index contributed by atoms with van der Waals surface area (Å²) < 4.78 is 21.3. The van der Waals surface area contributed by atoms with Crippen LogP contribution in [-0.4, -0.2) is 31.4 Å². The van der Waals surface area contributed by atoms with Crippen molar-refractivity contribution in [2.45, 2.75) is 32.8 Å². The molecule has 1 N–H and O–H groups in total. The minimum Gasteiger partial charge on any atom is -0.493 e. The largest absolute Gasteiger partial charge is 0.493 e. The number of anilines is 1. The van der Waals surface area contributed by atoms with Crippen molar-refractivity contribution < 1.29 is 28.5 Å². The molecule has 0 spiro atoms. The lowest BCUT2D eigenvalue weighted by atomic mass is 10.2. The minimum absolute atomic E-state index is 0.147. The van der Waals surface area contributed by atoms with Crippen LogP contribution in [0.4, 0.5) is 5.69 Å². The average molecular weight is 420 g/mol. The Morgan fingerprint density at radius 1 is 1.17 bits per heavy atom. The van der Waals surface area contributed by atoms with Gasteiger partial charge < -0.3 is 24.3 Å². The molecule has 1 heterocycles. The van der Waals surface area contributed by atoms with E-state index < -0.39 is 18.0 Å². The smallest absolute Gasteiger partial charge is 0.306 e. The highest BCUT2D eigenvalue weighted by molar-refractivity contribution is 6.30. The van der Waals surface area contributed by atoms with Crippen LogP contribution in [0.3, 0.4) is 0 Å². The van der Waals surface area contributed by atoms with Crippen LogP contribution in [0.1, 0.15) is 25.3 Å². The van der Waals surface area contributed by atoms with Crippen LogP contribution in [0, 0.1) is 6.92 Å². The number of benzene rings is 2. The molecular formula is C21H22ClNO6. The molecule has 0 bridgehead atoms. The molecule has 0 radical (unpaired) electrons. The van der Waals surface area contributed by atoms with E-state index in [9.17, 15) is 9.59 Å². The first kappa shape index (κ1) is 20.8. The molecule has 2 aromatic carbocycles. The summed E-state index contributed by atoms with van der Waals surface area (Å²) in [6.45, 7) is 3.93. The second-order valence-electron chi connectivity index (χ2n) is 6.55. The highest BCUT2D eigenvalue weighted by atomic mass is 35.5. The number of carbonyl (C=O) groups excluding carboxylic acids is 2. The van der Waals surface area contributed by atoms with Gasteiger partial charge in [-0.25, -0.2) is 0 Å². The number of halogens is 1. The summed E-state index contributed by atoms with van der Waals surface area (Å²) in [5.41, 5.74) is 1.46. The maximum Gasteiger partial charge on any atom is 0.306 e. The Morgan fingerprint density at radius 2 is 1.97 bits per heavy atom. The summed E-state index contributed by atoms with van der Waals surface area (Å²) in [6, 6.07) is 10.4. The highest BCUT2D eigenvalue weighted by Crippen LogP contribution is 2.34. The Kier molecular flexibility index (Phi) is 6.82. The number of amides is 1. The summed E-state index contributed by atoms with van der Waals surface area (Å²) >= 11 is 5.91. The lowest BCUT2D eigenvalue weighted by molar-refractivity contribution is -0.153. The van der Waals surface area contributed by atoms with Crippen LogP contribution in [0.15, 0.2) is 36.4 Å². The van der Waals surface area contributed by atoms with E-state index in [2.05, 4.69) is 5.32 Å². The number of ether oxygens (including phenoxy) is 4. The van der Waals surface area contributed by atoms with Gasteiger partial charge >= 0.3 is 5.97 Å². The topological polar surface area (TPSA) is 83.1 Å². The fourth-order valence-electron chi connectivity index (χ4n) is 2.70. The SMILES string of the molecule is Cc1cc(Cl)ccc1OCCCC(=O)O[C@@H](C)C(=O)Nc1ccc2c(c1)OCO2. The molecule has 7 nitrogen and oxygen atoms in total. The van der Waals surface area contributed by atoms with Crippen molar-refractivity contribution in [1.82, 2.24) is 0 Å². The van der Waals surface area contributed by atoms with E-state index in [1.807, 2.05) is 13.0 Å². The lowest BCUT2D eigenvalue weighted by Crippen LogP contribution is -2.30. The van der Waals surface area contributed by atoms with Crippen molar-refractivity contribution >= 4 is 29.2 Å². The number of hydrogen-bond donors (Lipinski definition) is 1. The van der Waals surface area contributed by atoms with Crippen molar-refractivity contribution in [1.29, 1.82) is 0 Å². The monoisotopic (exact) mass is 419 g/mol. The summed E-state index contributed by atoms with van der Waals surface area (Å²) in [4.78, 5) is 24.2. The molecule has 0 aromatic heterocycles. The zero-order valence-electron chi connectivity index (χ0n) is 16.2. The van der Waals surface area contributed by atoms with Crippen LogP contribution in [0.2, 0.25) is 5.02 Å². The molecule has 1 aliphatic heterocycles. The maximum absolute atomic E-state index is 12.2. The normalized spacial score (nSPS) is 12.9. The van der Waals surface area contributed by atoms with Gasteiger partial charge in [0, 0.05) is 23.2 Å². The Hall–Kier alpha value is -2.93. The highest BCUT2D eigenvalue weighted by Gasteiger charge is 2.19.